The number of benzene rings is 1. The van der Waals surface area contributed by atoms with Crippen LogP contribution in [0.4, 0.5) is 0 Å². The molecule has 2 fully saturated rings. The predicted molar refractivity (Wildman–Crippen MR) is 150 cm³/mol. The molecule has 0 saturated carbocycles. The van der Waals surface area contributed by atoms with Gasteiger partial charge in [0.1, 0.15) is 17.4 Å². The van der Waals surface area contributed by atoms with Crippen LogP contribution in [0, 0.1) is 6.92 Å². The van der Waals surface area contributed by atoms with Crippen LogP contribution in [-0.4, -0.2) is 90.8 Å². The summed E-state index contributed by atoms with van der Waals surface area (Å²) in [6, 6.07) is 6.23. The average molecular weight is 555 g/mol. The minimum Gasteiger partial charge on any atom is -0.391 e. The highest BCUT2D eigenvalue weighted by molar-refractivity contribution is 8.17. The second-order valence-corrected chi connectivity index (χ2v) is 13.4. The first-order valence-corrected chi connectivity index (χ1v) is 15.4. The number of carbonyl (C=O) groups excluding carboxylic acids is 2. The molecule has 2 aromatic rings. The molecule has 3 aliphatic rings. The molecule has 0 spiro atoms. The van der Waals surface area contributed by atoms with E-state index in [0.29, 0.717) is 25.2 Å². The molecule has 0 aliphatic carbocycles. The van der Waals surface area contributed by atoms with Crippen LogP contribution < -0.4 is 5.32 Å². The zero-order valence-electron chi connectivity index (χ0n) is 21.8. The number of hydrogen-bond donors (Lipinski definition) is 2. The van der Waals surface area contributed by atoms with Gasteiger partial charge in [0.15, 0.2) is 9.87 Å². The number of nitrogens with one attached hydrogen (secondary N) is 1. The number of amides is 2. The third-order valence-corrected chi connectivity index (χ3v) is 10.7. The molecule has 2 saturated heterocycles. The first kappa shape index (κ1) is 27.0. The Kier molecular flexibility index (Phi) is 7.27. The number of aryl methyl sites for hydroxylation is 1. The summed E-state index contributed by atoms with van der Waals surface area (Å²) in [5, 5.41) is 13.8. The van der Waals surface area contributed by atoms with E-state index in [-0.39, 0.29) is 31.2 Å². The van der Waals surface area contributed by atoms with Crippen molar-refractivity contribution >= 4 is 53.0 Å². The Bertz CT molecular complexity index is 1380. The fourth-order valence-electron chi connectivity index (χ4n) is 5.60. The largest absolute Gasteiger partial charge is 0.391 e. The van der Waals surface area contributed by atoms with E-state index in [1.54, 1.807) is 31.5 Å². The van der Waals surface area contributed by atoms with Crippen LogP contribution in [0.2, 0.25) is 0 Å². The van der Waals surface area contributed by atoms with Gasteiger partial charge < -0.3 is 15.3 Å². The molecule has 200 valence electrons. The lowest BCUT2D eigenvalue weighted by Gasteiger charge is -2.37. The first-order valence-electron chi connectivity index (χ1n) is 13.0. The summed E-state index contributed by atoms with van der Waals surface area (Å²) in [5.74, 6) is -0.403. The SMILES string of the molecule is BBS(=O)(=O)N1CCCC[C@H]1C(=O)N1C[C@H](O)CC1C1=NC(=O)[C@](C)(c2ccc(-c3scnc3C)cc2)N1. The second kappa shape index (κ2) is 10.2. The first-order chi connectivity index (χ1) is 18.0. The number of aromatic nitrogens is 1. The summed E-state index contributed by atoms with van der Waals surface area (Å²) in [4.78, 5) is 38.1. The Morgan fingerprint density at radius 1 is 1.29 bits per heavy atom. The number of amidine groups is 1. The van der Waals surface area contributed by atoms with E-state index in [9.17, 15) is 23.1 Å². The maximum absolute atomic E-state index is 13.7. The summed E-state index contributed by atoms with van der Waals surface area (Å²) in [6.07, 6.45) is 1.23. The van der Waals surface area contributed by atoms with E-state index in [2.05, 4.69) is 15.3 Å². The van der Waals surface area contributed by atoms with Gasteiger partial charge in [0, 0.05) is 19.5 Å². The van der Waals surface area contributed by atoms with Crippen molar-refractivity contribution in [3.8, 4) is 10.4 Å². The highest BCUT2D eigenvalue weighted by Crippen LogP contribution is 2.34. The van der Waals surface area contributed by atoms with Crippen LogP contribution in [0.25, 0.3) is 10.4 Å². The molecular formula is C24H31B2N5O5S2. The van der Waals surface area contributed by atoms with Crippen molar-refractivity contribution in [3.63, 3.8) is 0 Å². The summed E-state index contributed by atoms with van der Waals surface area (Å²) in [7, 11) is -1.99. The van der Waals surface area contributed by atoms with E-state index in [0.717, 1.165) is 28.1 Å². The monoisotopic (exact) mass is 555 g/mol. The van der Waals surface area contributed by atoms with Gasteiger partial charge in [0.05, 0.1) is 36.0 Å². The summed E-state index contributed by atoms with van der Waals surface area (Å²) >= 11 is 1.56. The molecule has 1 unspecified atom stereocenters. The van der Waals surface area contributed by atoms with E-state index in [4.69, 9.17) is 0 Å². The molecule has 10 nitrogen and oxygen atoms in total. The normalized spacial score (nSPS) is 28.3. The number of nitrogens with zero attached hydrogens (tertiary/aromatic N) is 4. The number of aliphatic hydroxyl groups is 1. The predicted octanol–water partition coefficient (Wildman–Crippen LogP) is -0.0923. The number of hydrogen-bond acceptors (Lipinski definition) is 8. The van der Waals surface area contributed by atoms with Gasteiger partial charge in [-0.05, 0) is 37.8 Å². The molecule has 1 aromatic heterocycles. The summed E-state index contributed by atoms with van der Waals surface area (Å²) in [6.45, 7) is 4.08. The van der Waals surface area contributed by atoms with Crippen molar-refractivity contribution in [1.82, 2.24) is 19.5 Å². The summed E-state index contributed by atoms with van der Waals surface area (Å²) in [5.41, 5.74) is 3.37. The Labute approximate surface area is 228 Å². The molecule has 1 aromatic carbocycles. The van der Waals surface area contributed by atoms with Crippen molar-refractivity contribution in [1.29, 1.82) is 0 Å². The van der Waals surface area contributed by atoms with Gasteiger partial charge in [0.2, 0.25) is 5.91 Å². The zero-order chi connectivity index (χ0) is 27.2. The van der Waals surface area contributed by atoms with Crippen molar-refractivity contribution in [2.75, 3.05) is 13.1 Å². The number of rotatable bonds is 6. The van der Waals surface area contributed by atoms with Crippen LogP contribution in [0.5, 0.6) is 0 Å². The minimum absolute atomic E-state index is 0.0640. The van der Waals surface area contributed by atoms with Gasteiger partial charge in [-0.3, -0.25) is 9.59 Å². The minimum atomic E-state index is -3.56. The third kappa shape index (κ3) is 4.72. The Balaban J connectivity index is 1.37. The van der Waals surface area contributed by atoms with Gasteiger partial charge >= 0.3 is 0 Å². The van der Waals surface area contributed by atoms with E-state index >= 15 is 0 Å². The summed E-state index contributed by atoms with van der Waals surface area (Å²) < 4.78 is 26.7. The number of likely N-dealkylation sites (tertiary alicyclic amines) is 1. The van der Waals surface area contributed by atoms with E-state index in [1.807, 2.05) is 31.2 Å². The molecule has 0 bridgehead atoms. The van der Waals surface area contributed by atoms with E-state index in [1.165, 1.54) is 9.21 Å². The molecule has 3 aliphatic heterocycles. The molecule has 4 atom stereocenters. The lowest BCUT2D eigenvalue weighted by molar-refractivity contribution is -0.136. The fraction of sp³-hybridized carbons (Fsp3) is 0.500. The van der Waals surface area contributed by atoms with Crippen LogP contribution in [0.1, 0.15) is 43.9 Å². The Morgan fingerprint density at radius 3 is 2.68 bits per heavy atom. The van der Waals surface area contributed by atoms with E-state index < -0.39 is 33.6 Å². The molecule has 2 amide bonds. The molecule has 4 heterocycles. The van der Waals surface area contributed by atoms with Crippen molar-refractivity contribution in [3.05, 3.63) is 41.0 Å². The molecule has 38 heavy (non-hydrogen) atoms. The molecule has 0 radical (unpaired) electrons. The Morgan fingerprint density at radius 2 is 2.03 bits per heavy atom. The van der Waals surface area contributed by atoms with Gasteiger partial charge in [-0.15, -0.1) is 11.3 Å². The highest BCUT2D eigenvalue weighted by atomic mass is 32.2. The van der Waals surface area contributed by atoms with Crippen molar-refractivity contribution in [2.45, 2.75) is 63.3 Å². The smallest absolute Gasteiger partial charge is 0.277 e. The lowest BCUT2D eigenvalue weighted by Crippen LogP contribution is -2.57. The van der Waals surface area contributed by atoms with Crippen molar-refractivity contribution < 1.29 is 23.1 Å². The van der Waals surface area contributed by atoms with Crippen LogP contribution in [0.15, 0.2) is 34.8 Å². The number of thiazole rings is 1. The average Bonchev–Trinajstić information content (AvgIpc) is 3.60. The van der Waals surface area contributed by atoms with Gasteiger partial charge in [-0.1, -0.05) is 30.7 Å². The van der Waals surface area contributed by atoms with Gasteiger partial charge in [0.25, 0.3) is 12.4 Å². The highest BCUT2D eigenvalue weighted by Gasteiger charge is 2.49. The Hall–Kier alpha value is -2.54. The van der Waals surface area contributed by atoms with Gasteiger partial charge in [-0.2, -0.15) is 4.99 Å². The maximum atomic E-state index is 13.7. The zero-order valence-corrected chi connectivity index (χ0v) is 23.4. The van der Waals surface area contributed by atoms with Gasteiger partial charge in [-0.25, -0.2) is 17.7 Å². The van der Waals surface area contributed by atoms with Crippen LogP contribution in [-0.2, 0) is 25.0 Å². The number of carbonyl (C=O) groups is 2. The van der Waals surface area contributed by atoms with Crippen LogP contribution >= 0.6 is 11.3 Å². The quantitative estimate of drug-likeness (QED) is 0.477. The van der Waals surface area contributed by atoms with Crippen LogP contribution in [0.3, 0.4) is 0 Å². The molecule has 14 heteroatoms. The number of piperidine rings is 1. The lowest BCUT2D eigenvalue weighted by atomic mass is 9.79. The second-order valence-electron chi connectivity index (χ2n) is 10.3. The maximum Gasteiger partial charge on any atom is 0.277 e. The van der Waals surface area contributed by atoms with Crippen molar-refractivity contribution in [2.24, 2.45) is 4.99 Å². The topological polar surface area (TPSA) is 132 Å². The third-order valence-electron chi connectivity index (χ3n) is 7.84. The number of aliphatic hydroxyl groups excluding tert-OH is 1. The molecule has 5 rings (SSSR count). The number of aliphatic imine (C=N–C) groups is 1. The molecular weight excluding hydrogens is 524 g/mol. The standard InChI is InChI=1S/C24H31B2N5O5S2/c1-14-20(37-13-27-14)15-6-8-16(9-7-15)24(2)23(34)28-21(29-24)19-11-17(32)12-30(19)22(33)18-5-3-4-10-31(18)38(35,36)26-25/h6-9,13,17-19,26,32H,3-5,10-12,25H2,1-2H3,(H,28,29,34)/t17-,18+,19?,24+/m1/s1. The number of β-amino-alcohol motifs (C(OH)–C–C–N with tert-alkyl or cyclic N) is 1. The fourth-order valence-corrected chi connectivity index (χ4v) is 7.74. The molecule has 2 N–H and O–H groups in total.